The first-order chi connectivity index (χ1) is 9.18. The molecule has 0 spiro atoms. The predicted octanol–water partition coefficient (Wildman–Crippen LogP) is 1.73. The minimum Gasteiger partial charge on any atom is -0.478 e. The van der Waals surface area contributed by atoms with E-state index in [1.54, 1.807) is 25.2 Å². The summed E-state index contributed by atoms with van der Waals surface area (Å²) in [5, 5.41) is 12.0. The highest BCUT2D eigenvalue weighted by Crippen LogP contribution is 2.36. The Morgan fingerprint density at radius 3 is 2.20 bits per heavy atom. The molecule has 108 valence electrons. The number of nitrogens with one attached hydrogen (secondary N) is 1. The molecule has 1 saturated heterocycles. The predicted molar refractivity (Wildman–Crippen MR) is 78.7 cm³/mol. The molecule has 0 unspecified atom stereocenters. The molecule has 6 heteroatoms. The van der Waals surface area contributed by atoms with Gasteiger partial charge in [-0.3, -0.25) is 0 Å². The van der Waals surface area contributed by atoms with Gasteiger partial charge in [-0.1, -0.05) is 6.07 Å². The Balaban J connectivity index is 2.34. The Hall–Kier alpha value is -1.53. The molecule has 1 aliphatic rings. The summed E-state index contributed by atoms with van der Waals surface area (Å²) in [4.78, 5) is 11.1. The Bertz CT molecular complexity index is 526. The van der Waals surface area contributed by atoms with Crippen LogP contribution in [0.2, 0.25) is 0 Å². The van der Waals surface area contributed by atoms with E-state index in [0.717, 1.165) is 5.46 Å². The average Bonchev–Trinajstić information content (AvgIpc) is 2.57. The van der Waals surface area contributed by atoms with Gasteiger partial charge in [0.1, 0.15) is 0 Å². The Labute approximate surface area is 119 Å². The van der Waals surface area contributed by atoms with Crippen LogP contribution < -0.4 is 10.8 Å². The SMILES string of the molecule is CNc1cc(B2OC(C)(C)C(C)(C)O2)ccc1C(=O)O. The molecule has 1 aliphatic heterocycles. The van der Waals surface area contributed by atoms with E-state index < -0.39 is 24.3 Å². The van der Waals surface area contributed by atoms with Gasteiger partial charge >= 0.3 is 13.1 Å². The summed E-state index contributed by atoms with van der Waals surface area (Å²) in [6, 6.07) is 5.05. The maximum absolute atomic E-state index is 11.1. The molecule has 2 rings (SSSR count). The molecule has 1 fully saturated rings. The molecule has 0 aromatic heterocycles. The molecular weight excluding hydrogens is 257 g/mol. The minimum atomic E-state index is -0.963. The van der Waals surface area contributed by atoms with Gasteiger partial charge in [0.05, 0.1) is 16.8 Å². The van der Waals surface area contributed by atoms with Crippen molar-refractivity contribution in [2.24, 2.45) is 0 Å². The largest absolute Gasteiger partial charge is 0.494 e. The molecule has 2 N–H and O–H groups in total. The summed E-state index contributed by atoms with van der Waals surface area (Å²) in [5.41, 5.74) is 0.752. The van der Waals surface area contributed by atoms with Crippen LogP contribution in [0.25, 0.3) is 0 Å². The van der Waals surface area contributed by atoms with Gasteiger partial charge in [-0.25, -0.2) is 4.79 Å². The standard InChI is InChI=1S/C14H20BNO4/c1-13(2)14(3,4)20-15(19-13)9-6-7-10(12(17)18)11(8-9)16-5/h6-8,16H,1-5H3,(H,17,18). The van der Waals surface area contributed by atoms with Gasteiger partial charge in [-0.05, 0) is 45.3 Å². The lowest BCUT2D eigenvalue weighted by atomic mass is 9.78. The second kappa shape index (κ2) is 4.79. The van der Waals surface area contributed by atoms with Gasteiger partial charge in [0.25, 0.3) is 0 Å². The molecule has 0 saturated carbocycles. The zero-order chi connectivity index (χ0) is 15.1. The van der Waals surface area contributed by atoms with E-state index in [4.69, 9.17) is 14.4 Å². The Kier molecular flexibility index (Phi) is 3.56. The highest BCUT2D eigenvalue weighted by Gasteiger charge is 2.51. The van der Waals surface area contributed by atoms with Crippen LogP contribution in [0.3, 0.4) is 0 Å². The van der Waals surface area contributed by atoms with Crippen molar-refractivity contribution in [2.75, 3.05) is 12.4 Å². The molecule has 1 heterocycles. The van der Waals surface area contributed by atoms with Gasteiger partial charge in [0.2, 0.25) is 0 Å². The second-order valence-electron chi connectivity index (χ2n) is 5.95. The first-order valence-corrected chi connectivity index (χ1v) is 6.58. The number of hydrogen-bond acceptors (Lipinski definition) is 4. The second-order valence-corrected chi connectivity index (χ2v) is 5.95. The molecule has 0 atom stereocenters. The van der Waals surface area contributed by atoms with Gasteiger partial charge in [0, 0.05) is 12.7 Å². The first-order valence-electron chi connectivity index (χ1n) is 6.58. The molecule has 20 heavy (non-hydrogen) atoms. The fourth-order valence-electron chi connectivity index (χ4n) is 2.08. The zero-order valence-corrected chi connectivity index (χ0v) is 12.5. The van der Waals surface area contributed by atoms with Crippen molar-refractivity contribution in [1.29, 1.82) is 0 Å². The molecule has 0 bridgehead atoms. The number of anilines is 1. The average molecular weight is 277 g/mol. The number of benzene rings is 1. The number of carboxylic acid groups (broad SMARTS) is 1. The third kappa shape index (κ3) is 2.41. The topological polar surface area (TPSA) is 67.8 Å². The highest BCUT2D eigenvalue weighted by molar-refractivity contribution is 6.62. The van der Waals surface area contributed by atoms with Crippen LogP contribution in [0.1, 0.15) is 38.1 Å². The quantitative estimate of drug-likeness (QED) is 0.823. The van der Waals surface area contributed by atoms with Crippen molar-refractivity contribution < 1.29 is 19.2 Å². The van der Waals surface area contributed by atoms with E-state index in [9.17, 15) is 4.79 Å². The molecule has 5 nitrogen and oxygen atoms in total. The van der Waals surface area contributed by atoms with Crippen LogP contribution in [0.4, 0.5) is 5.69 Å². The van der Waals surface area contributed by atoms with Crippen molar-refractivity contribution in [2.45, 2.75) is 38.9 Å². The molecule has 0 aliphatic carbocycles. The fraction of sp³-hybridized carbons (Fsp3) is 0.500. The van der Waals surface area contributed by atoms with Gasteiger partial charge < -0.3 is 19.7 Å². The highest BCUT2D eigenvalue weighted by atomic mass is 16.7. The molecule has 0 amide bonds. The molecule has 0 radical (unpaired) electrons. The third-order valence-corrected chi connectivity index (χ3v) is 4.07. The fourth-order valence-corrected chi connectivity index (χ4v) is 2.08. The van der Waals surface area contributed by atoms with E-state index in [-0.39, 0.29) is 5.56 Å². The van der Waals surface area contributed by atoms with Crippen LogP contribution in [-0.4, -0.2) is 36.4 Å². The van der Waals surface area contributed by atoms with Crippen molar-refractivity contribution in [1.82, 2.24) is 0 Å². The summed E-state index contributed by atoms with van der Waals surface area (Å²) < 4.78 is 11.9. The monoisotopic (exact) mass is 277 g/mol. The number of hydrogen-bond donors (Lipinski definition) is 2. The lowest BCUT2D eigenvalue weighted by Crippen LogP contribution is -2.41. The minimum absolute atomic E-state index is 0.229. The Morgan fingerprint density at radius 2 is 1.75 bits per heavy atom. The van der Waals surface area contributed by atoms with E-state index in [0.29, 0.717) is 5.69 Å². The van der Waals surface area contributed by atoms with E-state index in [2.05, 4.69) is 5.32 Å². The van der Waals surface area contributed by atoms with Crippen LogP contribution >= 0.6 is 0 Å². The molecular formula is C14H20BNO4. The van der Waals surface area contributed by atoms with Gasteiger partial charge in [-0.15, -0.1) is 0 Å². The summed E-state index contributed by atoms with van der Waals surface area (Å²) in [6.07, 6.45) is 0. The zero-order valence-electron chi connectivity index (χ0n) is 12.5. The summed E-state index contributed by atoms with van der Waals surface area (Å²) in [5.74, 6) is -0.963. The normalized spacial score (nSPS) is 19.9. The number of carboxylic acids is 1. The third-order valence-electron chi connectivity index (χ3n) is 4.07. The lowest BCUT2D eigenvalue weighted by molar-refractivity contribution is 0.00578. The summed E-state index contributed by atoms with van der Waals surface area (Å²) in [6.45, 7) is 7.93. The maximum atomic E-state index is 11.1. The van der Waals surface area contributed by atoms with E-state index in [1.807, 2.05) is 27.7 Å². The van der Waals surface area contributed by atoms with Crippen LogP contribution in [0.15, 0.2) is 18.2 Å². The van der Waals surface area contributed by atoms with Gasteiger partial charge in [-0.2, -0.15) is 0 Å². The number of rotatable bonds is 3. The van der Waals surface area contributed by atoms with E-state index >= 15 is 0 Å². The van der Waals surface area contributed by atoms with E-state index in [1.165, 1.54) is 0 Å². The molecule has 1 aromatic carbocycles. The smallest absolute Gasteiger partial charge is 0.478 e. The first kappa shape index (κ1) is 14.9. The van der Waals surface area contributed by atoms with Crippen molar-refractivity contribution >= 4 is 24.2 Å². The lowest BCUT2D eigenvalue weighted by Gasteiger charge is -2.32. The summed E-state index contributed by atoms with van der Waals surface area (Å²) in [7, 11) is 1.20. The van der Waals surface area contributed by atoms with Crippen molar-refractivity contribution in [3.05, 3.63) is 23.8 Å². The van der Waals surface area contributed by atoms with Crippen molar-refractivity contribution in [3.63, 3.8) is 0 Å². The maximum Gasteiger partial charge on any atom is 0.494 e. The molecule has 1 aromatic rings. The summed E-state index contributed by atoms with van der Waals surface area (Å²) >= 11 is 0. The van der Waals surface area contributed by atoms with Crippen LogP contribution in [-0.2, 0) is 9.31 Å². The number of carbonyl (C=O) groups is 1. The van der Waals surface area contributed by atoms with Crippen LogP contribution in [0, 0.1) is 0 Å². The number of aromatic carboxylic acids is 1. The van der Waals surface area contributed by atoms with Crippen LogP contribution in [0.5, 0.6) is 0 Å². The van der Waals surface area contributed by atoms with Gasteiger partial charge in [0.15, 0.2) is 0 Å². The Morgan fingerprint density at radius 1 is 1.20 bits per heavy atom. The van der Waals surface area contributed by atoms with Crippen molar-refractivity contribution in [3.8, 4) is 0 Å².